The van der Waals surface area contributed by atoms with Gasteiger partial charge in [0.25, 0.3) is 5.56 Å². The Balaban J connectivity index is 1.60. The van der Waals surface area contributed by atoms with E-state index in [1.165, 1.54) is 35.2 Å². The molecule has 0 unspecified atom stereocenters. The third-order valence-corrected chi connectivity index (χ3v) is 4.62. The Morgan fingerprint density at radius 3 is 2.70 bits per heavy atom. The molecule has 1 aromatic carbocycles. The van der Waals surface area contributed by atoms with Crippen molar-refractivity contribution in [2.45, 2.75) is 6.54 Å². The van der Waals surface area contributed by atoms with Gasteiger partial charge in [-0.15, -0.1) is 0 Å². The zero-order valence-electron chi connectivity index (χ0n) is 13.8. The molecule has 1 amide bonds. The highest BCUT2D eigenvalue weighted by atomic mass is 32.1. The quantitative estimate of drug-likeness (QED) is 0.587. The van der Waals surface area contributed by atoms with E-state index in [0.29, 0.717) is 27.3 Å². The number of hydrogen-bond acceptors (Lipinski definition) is 6. The molecule has 0 aliphatic rings. The van der Waals surface area contributed by atoms with E-state index in [0.717, 1.165) is 11.5 Å². The number of rotatable bonds is 4. The number of nitrogens with one attached hydrogen (secondary N) is 1. The Bertz CT molecular complexity index is 1170. The summed E-state index contributed by atoms with van der Waals surface area (Å²) < 4.78 is 18.8. The molecule has 0 atom stereocenters. The Morgan fingerprint density at radius 2 is 1.96 bits per heavy atom. The summed E-state index contributed by atoms with van der Waals surface area (Å²) in [5.74, 6) is -0.813. The van der Waals surface area contributed by atoms with E-state index >= 15 is 0 Å². The van der Waals surface area contributed by atoms with Crippen molar-refractivity contribution in [3.8, 4) is 11.4 Å². The van der Waals surface area contributed by atoms with Crippen molar-refractivity contribution < 1.29 is 9.18 Å². The van der Waals surface area contributed by atoms with Crippen LogP contribution in [0.25, 0.3) is 21.6 Å². The molecule has 0 radical (unpaired) electrons. The molecule has 4 rings (SSSR count). The second-order valence-electron chi connectivity index (χ2n) is 5.66. The zero-order chi connectivity index (χ0) is 18.8. The molecule has 4 aromatic rings. The van der Waals surface area contributed by atoms with Gasteiger partial charge < -0.3 is 5.32 Å². The predicted octanol–water partition coefficient (Wildman–Crippen LogP) is 2.69. The standard InChI is InChI=1S/C18H12FN5O2S/c19-11-4-6-12(7-5-11)22-14(25)9-24-10-21-16-15(13-3-1-2-8-20-13)23-27-17(16)18(24)26/h1-8,10H,9H2,(H,22,25). The molecular formula is C18H12FN5O2S. The van der Waals surface area contributed by atoms with E-state index in [-0.39, 0.29) is 12.1 Å². The minimum atomic E-state index is -0.417. The summed E-state index contributed by atoms with van der Waals surface area (Å²) in [6.07, 6.45) is 2.96. The maximum Gasteiger partial charge on any atom is 0.273 e. The summed E-state index contributed by atoms with van der Waals surface area (Å²) >= 11 is 1.02. The number of carbonyl (C=O) groups is 1. The molecule has 0 saturated heterocycles. The second kappa shape index (κ2) is 7.04. The normalized spacial score (nSPS) is 10.9. The van der Waals surface area contributed by atoms with Gasteiger partial charge in [-0.2, -0.15) is 4.37 Å². The lowest BCUT2D eigenvalue weighted by molar-refractivity contribution is -0.116. The summed E-state index contributed by atoms with van der Waals surface area (Å²) in [4.78, 5) is 33.3. The van der Waals surface area contributed by atoms with Crippen molar-refractivity contribution in [2.75, 3.05) is 5.32 Å². The molecule has 0 bridgehead atoms. The van der Waals surface area contributed by atoms with E-state index in [1.54, 1.807) is 18.3 Å². The lowest BCUT2D eigenvalue weighted by Crippen LogP contribution is -2.27. The van der Waals surface area contributed by atoms with Gasteiger partial charge in [0.15, 0.2) is 0 Å². The minimum Gasteiger partial charge on any atom is -0.325 e. The van der Waals surface area contributed by atoms with Crippen LogP contribution in [0.3, 0.4) is 0 Å². The van der Waals surface area contributed by atoms with Gasteiger partial charge in [-0.25, -0.2) is 9.37 Å². The van der Waals surface area contributed by atoms with Crippen LogP contribution in [0.4, 0.5) is 10.1 Å². The summed E-state index contributed by atoms with van der Waals surface area (Å²) in [5.41, 5.74) is 1.71. The molecule has 0 saturated carbocycles. The zero-order valence-corrected chi connectivity index (χ0v) is 14.6. The molecule has 0 fully saturated rings. The fraction of sp³-hybridized carbons (Fsp3) is 0.0556. The number of aromatic nitrogens is 4. The van der Waals surface area contributed by atoms with Gasteiger partial charge in [-0.1, -0.05) is 6.07 Å². The monoisotopic (exact) mass is 381 g/mol. The molecular weight excluding hydrogens is 369 g/mol. The fourth-order valence-corrected chi connectivity index (χ4v) is 3.32. The summed E-state index contributed by atoms with van der Waals surface area (Å²) in [5, 5.41) is 2.61. The topological polar surface area (TPSA) is 89.8 Å². The van der Waals surface area contributed by atoms with E-state index in [2.05, 4.69) is 19.7 Å². The number of halogens is 1. The summed E-state index contributed by atoms with van der Waals surface area (Å²) in [7, 11) is 0. The number of benzene rings is 1. The smallest absolute Gasteiger partial charge is 0.273 e. The Hall–Kier alpha value is -3.46. The molecule has 0 spiro atoms. The van der Waals surface area contributed by atoms with Gasteiger partial charge in [0.1, 0.15) is 28.3 Å². The Morgan fingerprint density at radius 1 is 1.15 bits per heavy atom. The number of anilines is 1. The third kappa shape index (κ3) is 3.44. The molecule has 7 nitrogen and oxygen atoms in total. The van der Waals surface area contributed by atoms with Crippen LogP contribution in [0.15, 0.2) is 59.8 Å². The average Bonchev–Trinajstić information content (AvgIpc) is 3.11. The van der Waals surface area contributed by atoms with Crippen molar-refractivity contribution in [3.05, 3.63) is 71.2 Å². The molecule has 0 aliphatic carbocycles. The highest BCUT2D eigenvalue weighted by Gasteiger charge is 2.16. The van der Waals surface area contributed by atoms with Crippen LogP contribution in [0.1, 0.15) is 0 Å². The van der Waals surface area contributed by atoms with Crippen LogP contribution in [0.2, 0.25) is 0 Å². The van der Waals surface area contributed by atoms with Crippen LogP contribution in [0.5, 0.6) is 0 Å². The number of hydrogen-bond donors (Lipinski definition) is 1. The SMILES string of the molecule is O=C(Cn1cnc2c(-c3ccccn3)nsc2c1=O)Nc1ccc(F)cc1. The van der Waals surface area contributed by atoms with E-state index in [4.69, 9.17) is 0 Å². The lowest BCUT2D eigenvalue weighted by atomic mass is 10.2. The fourth-order valence-electron chi connectivity index (χ4n) is 2.53. The van der Waals surface area contributed by atoms with Gasteiger partial charge in [0, 0.05) is 11.9 Å². The van der Waals surface area contributed by atoms with Gasteiger partial charge in [-0.3, -0.25) is 19.1 Å². The predicted molar refractivity (Wildman–Crippen MR) is 99.9 cm³/mol. The summed E-state index contributed by atoms with van der Waals surface area (Å²) in [6.45, 7) is -0.212. The molecule has 9 heteroatoms. The molecule has 27 heavy (non-hydrogen) atoms. The first-order valence-electron chi connectivity index (χ1n) is 7.93. The van der Waals surface area contributed by atoms with Crippen molar-refractivity contribution in [1.82, 2.24) is 18.9 Å². The maximum atomic E-state index is 12.9. The van der Waals surface area contributed by atoms with E-state index in [9.17, 15) is 14.0 Å². The van der Waals surface area contributed by atoms with Crippen LogP contribution in [-0.2, 0) is 11.3 Å². The molecule has 3 heterocycles. The maximum absolute atomic E-state index is 12.9. The number of fused-ring (bicyclic) bond motifs is 1. The molecule has 0 aliphatic heterocycles. The average molecular weight is 381 g/mol. The van der Waals surface area contributed by atoms with Gasteiger partial charge >= 0.3 is 0 Å². The van der Waals surface area contributed by atoms with Crippen molar-refractivity contribution in [1.29, 1.82) is 0 Å². The first-order valence-corrected chi connectivity index (χ1v) is 8.71. The summed E-state index contributed by atoms with van der Waals surface area (Å²) in [6, 6.07) is 10.8. The Kier molecular flexibility index (Phi) is 4.43. The number of carbonyl (C=O) groups excluding carboxylic acids is 1. The van der Waals surface area contributed by atoms with Gasteiger partial charge in [0.2, 0.25) is 5.91 Å². The first-order chi connectivity index (χ1) is 13.1. The Labute approximate surface area is 156 Å². The molecule has 134 valence electrons. The first kappa shape index (κ1) is 17.0. The number of nitrogens with zero attached hydrogens (tertiary/aromatic N) is 4. The third-order valence-electron chi connectivity index (χ3n) is 3.80. The van der Waals surface area contributed by atoms with Crippen molar-refractivity contribution in [3.63, 3.8) is 0 Å². The highest BCUT2D eigenvalue weighted by Crippen LogP contribution is 2.25. The largest absolute Gasteiger partial charge is 0.325 e. The minimum absolute atomic E-state index is 0.212. The van der Waals surface area contributed by atoms with Gasteiger partial charge in [0.05, 0.1) is 12.0 Å². The van der Waals surface area contributed by atoms with Crippen LogP contribution in [-0.4, -0.2) is 24.8 Å². The van der Waals surface area contributed by atoms with Crippen molar-refractivity contribution in [2.24, 2.45) is 0 Å². The number of amides is 1. The molecule has 3 aromatic heterocycles. The van der Waals surface area contributed by atoms with Crippen molar-refractivity contribution >= 4 is 33.3 Å². The highest BCUT2D eigenvalue weighted by molar-refractivity contribution is 7.13. The van der Waals surface area contributed by atoms with Crippen LogP contribution < -0.4 is 10.9 Å². The number of pyridine rings is 1. The molecule has 1 N–H and O–H groups in total. The van der Waals surface area contributed by atoms with E-state index in [1.807, 2.05) is 6.07 Å². The van der Waals surface area contributed by atoms with Gasteiger partial charge in [-0.05, 0) is 47.9 Å². The van der Waals surface area contributed by atoms with Crippen LogP contribution >= 0.6 is 11.5 Å². The second-order valence-corrected chi connectivity index (χ2v) is 6.43. The lowest BCUT2D eigenvalue weighted by Gasteiger charge is -2.07. The van der Waals surface area contributed by atoms with E-state index < -0.39 is 11.7 Å². The van der Waals surface area contributed by atoms with Crippen LogP contribution in [0, 0.1) is 5.82 Å².